The van der Waals surface area contributed by atoms with Crippen molar-refractivity contribution in [2.45, 2.75) is 31.3 Å². The summed E-state index contributed by atoms with van der Waals surface area (Å²) in [6.45, 7) is 4.40. The van der Waals surface area contributed by atoms with Gasteiger partial charge in [0.1, 0.15) is 5.00 Å². The van der Waals surface area contributed by atoms with Crippen LogP contribution in [0.2, 0.25) is 0 Å². The molecule has 4 aromatic rings. The Morgan fingerprint density at radius 3 is 2.67 bits per heavy atom. The van der Waals surface area contributed by atoms with Gasteiger partial charge in [-0.3, -0.25) is 14.5 Å². The smallest absolute Gasteiger partial charge is 0.341 e. The van der Waals surface area contributed by atoms with E-state index in [0.29, 0.717) is 29.2 Å². The van der Waals surface area contributed by atoms with E-state index in [1.54, 1.807) is 31.2 Å². The van der Waals surface area contributed by atoms with Crippen molar-refractivity contribution in [3.63, 3.8) is 0 Å². The number of amides is 2. The lowest BCUT2D eigenvalue weighted by atomic mass is 10.0. The third kappa shape index (κ3) is 6.82. The first-order chi connectivity index (χ1) is 19.5. The Morgan fingerprint density at radius 2 is 1.90 bits per heavy atom. The van der Waals surface area contributed by atoms with E-state index in [2.05, 4.69) is 27.7 Å². The maximum Gasteiger partial charge on any atom is 0.341 e. The van der Waals surface area contributed by atoms with Gasteiger partial charge in [-0.2, -0.15) is 0 Å². The average molecular weight is 576 g/mol. The Morgan fingerprint density at radius 1 is 1.05 bits per heavy atom. The minimum absolute atomic E-state index is 0.139. The number of esters is 1. The summed E-state index contributed by atoms with van der Waals surface area (Å²) in [4.78, 5) is 42.4. The topological polar surface area (TPSA) is 101 Å². The molecule has 0 saturated carbocycles. The van der Waals surface area contributed by atoms with Gasteiger partial charge in [0, 0.05) is 35.1 Å². The number of thiophene rings is 1. The summed E-state index contributed by atoms with van der Waals surface area (Å²) in [5.74, 6) is -0.614. The summed E-state index contributed by atoms with van der Waals surface area (Å²) < 4.78 is 10.5. The quantitative estimate of drug-likeness (QED) is 0.175. The van der Waals surface area contributed by atoms with Crippen molar-refractivity contribution in [2.24, 2.45) is 0 Å². The first kappa shape index (κ1) is 27.7. The molecule has 0 bridgehead atoms. The van der Waals surface area contributed by atoms with Crippen LogP contribution in [-0.4, -0.2) is 41.6 Å². The van der Waals surface area contributed by atoms with E-state index in [-0.39, 0.29) is 29.9 Å². The highest BCUT2D eigenvalue weighted by Gasteiger charge is 2.29. The highest BCUT2D eigenvalue weighted by molar-refractivity contribution is 8.00. The maximum atomic E-state index is 13.0. The van der Waals surface area contributed by atoms with Gasteiger partial charge >= 0.3 is 5.97 Å². The summed E-state index contributed by atoms with van der Waals surface area (Å²) in [7, 11) is 0. The lowest BCUT2D eigenvalue weighted by Gasteiger charge is -2.27. The molecule has 206 valence electrons. The Labute approximate surface area is 240 Å². The van der Waals surface area contributed by atoms with Crippen molar-refractivity contribution in [2.75, 3.05) is 29.5 Å². The van der Waals surface area contributed by atoms with Gasteiger partial charge in [0.2, 0.25) is 5.91 Å². The van der Waals surface area contributed by atoms with Gasteiger partial charge in [-0.15, -0.1) is 23.1 Å². The highest BCUT2D eigenvalue weighted by Crippen LogP contribution is 2.38. The van der Waals surface area contributed by atoms with Crippen molar-refractivity contribution in [3.8, 4) is 0 Å². The zero-order chi connectivity index (χ0) is 27.9. The fourth-order valence-electron chi connectivity index (χ4n) is 4.52. The van der Waals surface area contributed by atoms with Gasteiger partial charge in [-0.1, -0.05) is 36.4 Å². The lowest BCUT2D eigenvalue weighted by Crippen LogP contribution is -2.30. The molecular formula is C30H29N3O5S2. The molecule has 0 aliphatic carbocycles. The van der Waals surface area contributed by atoms with Gasteiger partial charge in [0.05, 0.1) is 24.2 Å². The minimum atomic E-state index is -0.403. The Hall–Kier alpha value is -3.86. The number of furan rings is 1. The molecule has 0 fully saturated rings. The van der Waals surface area contributed by atoms with Gasteiger partial charge < -0.3 is 19.8 Å². The molecule has 10 heteroatoms. The average Bonchev–Trinajstić information content (AvgIpc) is 3.61. The molecule has 1 aliphatic heterocycles. The summed E-state index contributed by atoms with van der Waals surface area (Å²) in [5.41, 5.74) is 3.28. The number of hydrogen-bond donors (Lipinski definition) is 2. The molecule has 2 amide bonds. The molecule has 2 aromatic heterocycles. The molecule has 3 heterocycles. The molecule has 0 atom stereocenters. The van der Waals surface area contributed by atoms with Crippen molar-refractivity contribution >= 4 is 51.6 Å². The van der Waals surface area contributed by atoms with Crippen molar-refractivity contribution in [1.29, 1.82) is 0 Å². The summed E-state index contributed by atoms with van der Waals surface area (Å²) in [6.07, 6.45) is 2.16. The van der Waals surface area contributed by atoms with Crippen LogP contribution in [0.3, 0.4) is 0 Å². The van der Waals surface area contributed by atoms with Crippen LogP contribution in [0.1, 0.15) is 43.8 Å². The standard InChI is InChI=1S/C30H29N3O5S2/c1-2-37-30(36)27-23-13-14-33(17-20-8-4-3-5-9-20)18-25(23)40-29(27)32-26(34)19-39-22-11-6-10-21(16-22)31-28(35)24-12-7-15-38-24/h3-12,15-16H,2,13-14,17-19H2,1H3,(H,31,35)(H,32,34). The number of nitrogens with one attached hydrogen (secondary N) is 2. The number of carbonyl (C=O) groups is 3. The van der Waals surface area contributed by atoms with Crippen LogP contribution in [-0.2, 0) is 29.0 Å². The van der Waals surface area contributed by atoms with Crippen LogP contribution >= 0.6 is 23.1 Å². The SMILES string of the molecule is CCOC(=O)c1c(NC(=O)CSc2cccc(NC(=O)c3ccco3)c2)sc2c1CCN(Cc1ccccc1)C2. The molecule has 0 unspecified atom stereocenters. The second-order valence-corrected chi connectivity index (χ2v) is 11.3. The van der Waals surface area contributed by atoms with Crippen molar-refractivity contribution < 1.29 is 23.5 Å². The van der Waals surface area contributed by atoms with Crippen LogP contribution < -0.4 is 10.6 Å². The summed E-state index contributed by atoms with van der Waals surface area (Å²) in [6, 6.07) is 20.8. The zero-order valence-electron chi connectivity index (χ0n) is 22.0. The molecule has 0 spiro atoms. The minimum Gasteiger partial charge on any atom is -0.462 e. The lowest BCUT2D eigenvalue weighted by molar-refractivity contribution is -0.113. The van der Waals surface area contributed by atoms with E-state index in [0.717, 1.165) is 28.4 Å². The molecule has 2 N–H and O–H groups in total. The normalized spacial score (nSPS) is 12.9. The molecule has 0 saturated heterocycles. The number of benzene rings is 2. The monoisotopic (exact) mass is 575 g/mol. The number of rotatable bonds is 10. The van der Waals surface area contributed by atoms with E-state index >= 15 is 0 Å². The molecule has 8 nitrogen and oxygen atoms in total. The first-order valence-corrected chi connectivity index (χ1v) is 14.8. The summed E-state index contributed by atoms with van der Waals surface area (Å²) in [5, 5.41) is 6.29. The Bertz CT molecular complexity index is 1480. The van der Waals surface area contributed by atoms with Gasteiger partial charge in [-0.25, -0.2) is 4.79 Å². The summed E-state index contributed by atoms with van der Waals surface area (Å²) >= 11 is 2.79. The zero-order valence-corrected chi connectivity index (χ0v) is 23.6. The second-order valence-electron chi connectivity index (χ2n) is 9.17. The van der Waals surface area contributed by atoms with E-state index < -0.39 is 5.97 Å². The number of ether oxygens (including phenoxy) is 1. The van der Waals surface area contributed by atoms with E-state index in [1.807, 2.05) is 30.3 Å². The third-order valence-electron chi connectivity index (χ3n) is 6.32. The highest BCUT2D eigenvalue weighted by atomic mass is 32.2. The van der Waals surface area contributed by atoms with Gasteiger partial charge in [-0.05, 0) is 54.8 Å². The van der Waals surface area contributed by atoms with Gasteiger partial charge in [0.15, 0.2) is 5.76 Å². The molecule has 2 aromatic carbocycles. The number of fused-ring (bicyclic) bond motifs is 1. The third-order valence-corrected chi connectivity index (χ3v) is 8.45. The maximum absolute atomic E-state index is 13.0. The molecular weight excluding hydrogens is 546 g/mol. The molecule has 5 rings (SSSR count). The van der Waals surface area contributed by atoms with E-state index in [4.69, 9.17) is 9.15 Å². The Kier molecular flexibility index (Phi) is 9.00. The van der Waals surface area contributed by atoms with Crippen molar-refractivity contribution in [1.82, 2.24) is 4.90 Å². The number of carbonyl (C=O) groups excluding carboxylic acids is 3. The number of nitrogens with zero attached hydrogens (tertiary/aromatic N) is 1. The second kappa shape index (κ2) is 13.0. The van der Waals surface area contributed by atoms with Crippen LogP contribution in [0.25, 0.3) is 0 Å². The van der Waals surface area contributed by atoms with E-state index in [1.165, 1.54) is 34.9 Å². The number of thioether (sulfide) groups is 1. The van der Waals surface area contributed by atoms with Crippen LogP contribution in [0.15, 0.2) is 82.3 Å². The van der Waals surface area contributed by atoms with E-state index in [9.17, 15) is 14.4 Å². The molecule has 0 radical (unpaired) electrons. The largest absolute Gasteiger partial charge is 0.462 e. The number of hydrogen-bond acceptors (Lipinski definition) is 8. The van der Waals surface area contributed by atoms with Crippen LogP contribution in [0, 0.1) is 0 Å². The van der Waals surface area contributed by atoms with Gasteiger partial charge in [0.25, 0.3) is 5.91 Å². The Balaban J connectivity index is 1.24. The fraction of sp³-hybridized carbons (Fsp3) is 0.233. The van der Waals surface area contributed by atoms with Crippen LogP contribution in [0.5, 0.6) is 0 Å². The molecule has 1 aliphatic rings. The predicted molar refractivity (Wildman–Crippen MR) is 157 cm³/mol. The molecule has 40 heavy (non-hydrogen) atoms. The fourth-order valence-corrected chi connectivity index (χ4v) is 6.57. The number of anilines is 2. The first-order valence-electron chi connectivity index (χ1n) is 13.0. The predicted octanol–water partition coefficient (Wildman–Crippen LogP) is 6.06. The van der Waals surface area contributed by atoms with Crippen LogP contribution in [0.4, 0.5) is 10.7 Å². The van der Waals surface area contributed by atoms with Crippen molar-refractivity contribution in [3.05, 3.63) is 100 Å².